The molecule has 0 unspecified atom stereocenters. The lowest BCUT2D eigenvalue weighted by atomic mass is 10.1. The molecule has 2 aromatic heterocycles. The van der Waals surface area contributed by atoms with Crippen LogP contribution in [-0.4, -0.2) is 62.4 Å². The van der Waals surface area contributed by atoms with Crippen LogP contribution in [-0.2, 0) is 35.8 Å². The van der Waals surface area contributed by atoms with Gasteiger partial charge in [0.2, 0.25) is 5.88 Å². The van der Waals surface area contributed by atoms with Crippen molar-refractivity contribution in [3.8, 4) is 11.9 Å². The Morgan fingerprint density at radius 3 is 2.65 bits per heavy atom. The molecule has 4 aromatic rings. The van der Waals surface area contributed by atoms with Gasteiger partial charge in [0.25, 0.3) is 0 Å². The fraction of sp³-hybridized carbons (Fsp3) is 0.375. The molecule has 1 N–H and O–H groups in total. The molecule has 0 saturated carbocycles. The van der Waals surface area contributed by atoms with E-state index >= 15 is 0 Å². The Hall–Kier alpha value is -4.37. The Bertz CT molecular complexity index is 1660. The van der Waals surface area contributed by atoms with Crippen LogP contribution in [0.4, 0.5) is 4.39 Å². The van der Waals surface area contributed by atoms with Crippen molar-refractivity contribution in [3.05, 3.63) is 88.6 Å². The van der Waals surface area contributed by atoms with Gasteiger partial charge in [-0.3, -0.25) is 4.90 Å². The second kappa shape index (κ2) is 12.9. The summed E-state index contributed by atoms with van der Waals surface area (Å²) < 4.78 is 33.8. The number of nitrogens with zero attached hydrogens (tertiary/aromatic N) is 5. The summed E-state index contributed by atoms with van der Waals surface area (Å²) >= 11 is 0. The minimum Gasteiger partial charge on any atom is -0.478 e. The standard InChI is InChI=1S/C32H32FN5O5/c33-27-14-21(16-34)4-5-23(27)19-43-31-3-1-2-24(35-31)20-42-25-8-11-37(12-9-25)18-30-36-28-7-6-22(32(39)40)15-29(28)38(30)17-26-10-13-41-26/h1-7,14-15,25-26H,8-13,17-20H2,(H,39,40)/t26-/m0/s1. The van der Waals surface area contributed by atoms with Gasteiger partial charge in [-0.25, -0.2) is 19.2 Å². The number of carboxylic acid groups (broad SMARTS) is 1. The summed E-state index contributed by atoms with van der Waals surface area (Å²) in [6, 6.07) is 16.7. The molecule has 0 bridgehead atoms. The first-order chi connectivity index (χ1) is 20.9. The van der Waals surface area contributed by atoms with E-state index in [1.54, 1.807) is 36.4 Å². The number of hydrogen-bond donors (Lipinski definition) is 1. The van der Waals surface area contributed by atoms with E-state index in [1.165, 1.54) is 6.07 Å². The summed E-state index contributed by atoms with van der Waals surface area (Å²) in [6.45, 7) is 4.13. The summed E-state index contributed by atoms with van der Waals surface area (Å²) in [5, 5.41) is 18.4. The van der Waals surface area contributed by atoms with E-state index in [2.05, 4.69) is 14.5 Å². The van der Waals surface area contributed by atoms with E-state index in [4.69, 9.17) is 24.5 Å². The molecular formula is C32H32FN5O5. The largest absolute Gasteiger partial charge is 0.478 e. The van der Waals surface area contributed by atoms with E-state index in [9.17, 15) is 14.3 Å². The number of benzene rings is 2. The molecule has 2 aliphatic heterocycles. The van der Waals surface area contributed by atoms with Gasteiger partial charge in [0.15, 0.2) is 0 Å². The zero-order chi connectivity index (χ0) is 29.8. The fourth-order valence-corrected chi connectivity index (χ4v) is 5.40. The van der Waals surface area contributed by atoms with Gasteiger partial charge in [0.05, 0.1) is 65.8 Å². The van der Waals surface area contributed by atoms with Gasteiger partial charge in [-0.2, -0.15) is 5.26 Å². The molecule has 2 fully saturated rings. The molecule has 0 aliphatic carbocycles. The first kappa shape index (κ1) is 28.7. The summed E-state index contributed by atoms with van der Waals surface area (Å²) in [4.78, 5) is 23.3. The van der Waals surface area contributed by atoms with Crippen molar-refractivity contribution >= 4 is 17.0 Å². The number of imidazole rings is 1. The van der Waals surface area contributed by atoms with E-state index in [-0.39, 0.29) is 29.9 Å². The Balaban J connectivity index is 1.02. The maximum Gasteiger partial charge on any atom is 0.335 e. The third-order valence-corrected chi connectivity index (χ3v) is 7.96. The number of halogens is 1. The van der Waals surface area contributed by atoms with Crippen LogP contribution in [0.3, 0.4) is 0 Å². The Morgan fingerprint density at radius 1 is 1.09 bits per heavy atom. The van der Waals surface area contributed by atoms with Gasteiger partial charge < -0.3 is 23.9 Å². The van der Waals surface area contributed by atoms with Crippen LogP contribution in [0.2, 0.25) is 0 Å². The van der Waals surface area contributed by atoms with Crippen LogP contribution in [0, 0.1) is 17.1 Å². The smallest absolute Gasteiger partial charge is 0.335 e. The number of ether oxygens (including phenoxy) is 3. The average Bonchev–Trinajstić information content (AvgIpc) is 3.33. The number of fused-ring (bicyclic) bond motifs is 1. The second-order valence-electron chi connectivity index (χ2n) is 10.9. The van der Waals surface area contributed by atoms with E-state index in [1.807, 2.05) is 18.2 Å². The third kappa shape index (κ3) is 6.83. The number of carboxylic acids is 1. The number of hydrogen-bond acceptors (Lipinski definition) is 8. The summed E-state index contributed by atoms with van der Waals surface area (Å²) in [7, 11) is 0. The van der Waals surface area contributed by atoms with Gasteiger partial charge in [-0.15, -0.1) is 0 Å². The van der Waals surface area contributed by atoms with Crippen molar-refractivity contribution in [1.29, 1.82) is 5.26 Å². The van der Waals surface area contributed by atoms with Crippen LogP contribution in [0.5, 0.6) is 5.88 Å². The number of nitriles is 1. The van der Waals surface area contributed by atoms with E-state index < -0.39 is 11.8 Å². The highest BCUT2D eigenvalue weighted by atomic mass is 19.1. The first-order valence-corrected chi connectivity index (χ1v) is 14.4. The van der Waals surface area contributed by atoms with Crippen LogP contribution in [0.25, 0.3) is 11.0 Å². The number of carbonyl (C=O) groups is 1. The molecule has 6 rings (SSSR count). The van der Waals surface area contributed by atoms with E-state index in [0.29, 0.717) is 31.1 Å². The number of rotatable bonds is 11. The molecule has 222 valence electrons. The van der Waals surface area contributed by atoms with Crippen molar-refractivity contribution < 1.29 is 28.5 Å². The maximum atomic E-state index is 14.2. The Morgan fingerprint density at radius 2 is 1.93 bits per heavy atom. The number of pyridine rings is 1. The second-order valence-corrected chi connectivity index (χ2v) is 10.9. The molecule has 2 aliphatic rings. The molecule has 0 spiro atoms. The molecule has 11 heteroatoms. The molecule has 10 nitrogen and oxygen atoms in total. The average molecular weight is 586 g/mol. The van der Waals surface area contributed by atoms with Crippen LogP contribution in [0.1, 0.15) is 52.3 Å². The van der Waals surface area contributed by atoms with Gasteiger partial charge >= 0.3 is 5.97 Å². The van der Waals surface area contributed by atoms with Crippen molar-refractivity contribution in [2.24, 2.45) is 0 Å². The normalized spacial score (nSPS) is 17.4. The number of aromatic nitrogens is 3. The van der Waals surface area contributed by atoms with Gasteiger partial charge in [0, 0.05) is 31.3 Å². The molecule has 0 amide bonds. The zero-order valence-corrected chi connectivity index (χ0v) is 23.6. The van der Waals surface area contributed by atoms with Crippen LogP contribution in [0.15, 0.2) is 54.6 Å². The number of aromatic carboxylic acids is 1. The van der Waals surface area contributed by atoms with E-state index in [0.717, 1.165) is 61.5 Å². The van der Waals surface area contributed by atoms with Crippen molar-refractivity contribution in [2.75, 3.05) is 19.7 Å². The predicted molar refractivity (Wildman–Crippen MR) is 154 cm³/mol. The summed E-state index contributed by atoms with van der Waals surface area (Å²) in [5.41, 5.74) is 3.21. The number of piperidine rings is 1. The fourth-order valence-electron chi connectivity index (χ4n) is 5.40. The van der Waals surface area contributed by atoms with Crippen molar-refractivity contribution in [2.45, 2.75) is 57.8 Å². The SMILES string of the molecule is N#Cc1ccc(COc2cccc(COC3CCN(Cc4nc5ccc(C(=O)O)cc5n4C[C@@H]4CCO4)CC3)n2)c(F)c1. The first-order valence-electron chi connectivity index (χ1n) is 14.4. The molecule has 2 aromatic carbocycles. The number of likely N-dealkylation sites (tertiary alicyclic amines) is 1. The topological polar surface area (TPSA) is 123 Å². The predicted octanol–water partition coefficient (Wildman–Crippen LogP) is 4.69. The van der Waals surface area contributed by atoms with Gasteiger partial charge in [-0.1, -0.05) is 12.1 Å². The highest BCUT2D eigenvalue weighted by molar-refractivity contribution is 5.92. The lowest BCUT2D eigenvalue weighted by molar-refractivity contribution is -0.0593. The molecule has 43 heavy (non-hydrogen) atoms. The maximum absolute atomic E-state index is 14.2. The molecule has 0 radical (unpaired) electrons. The highest BCUT2D eigenvalue weighted by Crippen LogP contribution is 2.25. The zero-order valence-electron chi connectivity index (χ0n) is 23.6. The van der Waals surface area contributed by atoms with Crippen molar-refractivity contribution in [3.63, 3.8) is 0 Å². The van der Waals surface area contributed by atoms with Crippen LogP contribution < -0.4 is 4.74 Å². The minimum atomic E-state index is -0.953. The summed E-state index contributed by atoms with van der Waals surface area (Å²) in [6.07, 6.45) is 2.93. The highest BCUT2D eigenvalue weighted by Gasteiger charge is 2.25. The molecule has 1 atom stereocenters. The molecule has 4 heterocycles. The quantitative estimate of drug-likeness (QED) is 0.267. The monoisotopic (exact) mass is 585 g/mol. The summed E-state index contributed by atoms with van der Waals surface area (Å²) in [5.74, 6) is -0.146. The third-order valence-electron chi connectivity index (χ3n) is 7.96. The molecular weight excluding hydrogens is 553 g/mol. The Labute approximate surface area is 248 Å². The lowest BCUT2D eigenvalue weighted by Gasteiger charge is -2.32. The molecule has 2 saturated heterocycles. The van der Waals surface area contributed by atoms with Crippen molar-refractivity contribution in [1.82, 2.24) is 19.4 Å². The Kier molecular flexibility index (Phi) is 8.60. The minimum absolute atomic E-state index is 0.00944. The van der Waals surface area contributed by atoms with Crippen LogP contribution >= 0.6 is 0 Å². The lowest BCUT2D eigenvalue weighted by Crippen LogP contribution is -2.38. The van der Waals surface area contributed by atoms with Gasteiger partial charge in [0.1, 0.15) is 18.2 Å². The van der Waals surface area contributed by atoms with Gasteiger partial charge in [-0.05, 0) is 55.7 Å².